The second kappa shape index (κ2) is 5.67. The molecule has 2 heterocycles. The maximum atomic E-state index is 12.3. The molecule has 2 saturated heterocycles. The lowest BCUT2D eigenvalue weighted by molar-refractivity contribution is -0.135. The summed E-state index contributed by atoms with van der Waals surface area (Å²) in [6, 6.07) is 0.208. The predicted molar refractivity (Wildman–Crippen MR) is 66.0 cm³/mol. The van der Waals surface area contributed by atoms with Gasteiger partial charge in [0.1, 0.15) is 0 Å². The first-order valence-electron chi connectivity index (χ1n) is 6.42. The van der Waals surface area contributed by atoms with Crippen LogP contribution in [0.25, 0.3) is 0 Å². The van der Waals surface area contributed by atoms with E-state index in [0.29, 0.717) is 19.8 Å². The Balaban J connectivity index is 1.89. The molecule has 2 N–H and O–H groups in total. The summed E-state index contributed by atoms with van der Waals surface area (Å²) in [6.45, 7) is 3.93. The van der Waals surface area contributed by atoms with Crippen LogP contribution in [0.5, 0.6) is 0 Å². The highest BCUT2D eigenvalue weighted by Crippen LogP contribution is 2.19. The van der Waals surface area contributed by atoms with Crippen LogP contribution in [-0.2, 0) is 14.3 Å². The van der Waals surface area contributed by atoms with Crippen LogP contribution in [0.1, 0.15) is 13.3 Å². The molecule has 2 aliphatic rings. The fourth-order valence-electron chi connectivity index (χ4n) is 2.68. The van der Waals surface area contributed by atoms with Crippen LogP contribution >= 0.6 is 0 Å². The van der Waals surface area contributed by atoms with Crippen molar-refractivity contribution in [2.75, 3.05) is 33.4 Å². The van der Waals surface area contributed by atoms with E-state index in [0.717, 1.165) is 13.0 Å². The largest absolute Gasteiger partial charge is 0.379 e. The van der Waals surface area contributed by atoms with Gasteiger partial charge < -0.3 is 20.3 Å². The number of likely N-dealkylation sites (N-methyl/N-ethyl adjacent to an activating group) is 1. The molecule has 3 unspecified atom stereocenters. The standard InChI is InChI=1S/C12H21N3O3/c1-8(16)14-9-3-4-15(5-9)12(17)10-6-18-7-11(10)13-2/h9-11,13H,3-7H2,1-2H3,(H,14,16). The van der Waals surface area contributed by atoms with Crippen molar-refractivity contribution in [3.63, 3.8) is 0 Å². The van der Waals surface area contributed by atoms with Crippen LogP contribution in [0.15, 0.2) is 0 Å². The molecular weight excluding hydrogens is 234 g/mol. The van der Waals surface area contributed by atoms with Gasteiger partial charge in [0, 0.05) is 32.1 Å². The van der Waals surface area contributed by atoms with Crippen molar-refractivity contribution >= 4 is 11.8 Å². The maximum Gasteiger partial charge on any atom is 0.229 e. The summed E-state index contributed by atoms with van der Waals surface area (Å²) in [5.41, 5.74) is 0. The van der Waals surface area contributed by atoms with Crippen molar-refractivity contribution in [3.05, 3.63) is 0 Å². The topological polar surface area (TPSA) is 70.7 Å². The minimum atomic E-state index is -0.0916. The highest BCUT2D eigenvalue weighted by Gasteiger charge is 2.38. The second-order valence-corrected chi connectivity index (χ2v) is 5.01. The van der Waals surface area contributed by atoms with Gasteiger partial charge in [0.25, 0.3) is 0 Å². The Hall–Kier alpha value is -1.14. The van der Waals surface area contributed by atoms with Crippen molar-refractivity contribution in [1.82, 2.24) is 15.5 Å². The third-order valence-corrected chi connectivity index (χ3v) is 3.68. The third-order valence-electron chi connectivity index (χ3n) is 3.68. The van der Waals surface area contributed by atoms with Gasteiger partial charge in [-0.3, -0.25) is 9.59 Å². The Bertz CT molecular complexity index is 335. The molecule has 18 heavy (non-hydrogen) atoms. The van der Waals surface area contributed by atoms with Crippen LogP contribution in [0.4, 0.5) is 0 Å². The van der Waals surface area contributed by atoms with Gasteiger partial charge in [-0.25, -0.2) is 0 Å². The first kappa shape index (κ1) is 13.3. The third kappa shape index (κ3) is 2.81. The number of carbonyl (C=O) groups excluding carboxylic acids is 2. The number of likely N-dealkylation sites (tertiary alicyclic amines) is 1. The number of nitrogens with zero attached hydrogens (tertiary/aromatic N) is 1. The highest BCUT2D eigenvalue weighted by molar-refractivity contribution is 5.80. The minimum Gasteiger partial charge on any atom is -0.379 e. The molecule has 2 rings (SSSR count). The van der Waals surface area contributed by atoms with E-state index in [1.54, 1.807) is 0 Å². The fourth-order valence-corrected chi connectivity index (χ4v) is 2.68. The van der Waals surface area contributed by atoms with Crippen LogP contribution < -0.4 is 10.6 Å². The number of hydrogen-bond acceptors (Lipinski definition) is 4. The summed E-state index contributed by atoms with van der Waals surface area (Å²) in [5, 5.41) is 5.98. The summed E-state index contributed by atoms with van der Waals surface area (Å²) >= 11 is 0. The molecule has 102 valence electrons. The zero-order valence-corrected chi connectivity index (χ0v) is 10.9. The lowest BCUT2D eigenvalue weighted by Crippen LogP contribution is -2.45. The molecule has 2 aliphatic heterocycles. The average Bonchev–Trinajstić information content (AvgIpc) is 2.95. The molecule has 0 bridgehead atoms. The summed E-state index contributed by atoms with van der Waals surface area (Å²) < 4.78 is 5.35. The van der Waals surface area contributed by atoms with Crippen molar-refractivity contribution in [1.29, 1.82) is 0 Å². The van der Waals surface area contributed by atoms with E-state index in [2.05, 4.69) is 10.6 Å². The van der Waals surface area contributed by atoms with Crippen LogP contribution in [0.3, 0.4) is 0 Å². The van der Waals surface area contributed by atoms with E-state index in [-0.39, 0.29) is 29.8 Å². The highest BCUT2D eigenvalue weighted by atomic mass is 16.5. The molecule has 3 atom stereocenters. The molecule has 0 aromatic rings. The number of carbonyl (C=O) groups is 2. The lowest BCUT2D eigenvalue weighted by atomic mass is 10.0. The zero-order valence-electron chi connectivity index (χ0n) is 10.9. The van der Waals surface area contributed by atoms with Gasteiger partial charge in [0.15, 0.2) is 0 Å². The van der Waals surface area contributed by atoms with E-state index < -0.39 is 0 Å². The zero-order chi connectivity index (χ0) is 13.1. The smallest absolute Gasteiger partial charge is 0.229 e. The van der Waals surface area contributed by atoms with E-state index >= 15 is 0 Å². The maximum absolute atomic E-state index is 12.3. The Morgan fingerprint density at radius 2 is 2.11 bits per heavy atom. The molecular formula is C12H21N3O3. The Morgan fingerprint density at radius 1 is 1.33 bits per heavy atom. The van der Waals surface area contributed by atoms with Crippen molar-refractivity contribution < 1.29 is 14.3 Å². The SMILES string of the molecule is CNC1COCC1C(=O)N1CCC(NC(C)=O)C1. The molecule has 2 amide bonds. The summed E-state index contributed by atoms with van der Waals surface area (Å²) in [6.07, 6.45) is 0.836. The van der Waals surface area contributed by atoms with Crippen molar-refractivity contribution in [2.45, 2.75) is 25.4 Å². The Morgan fingerprint density at radius 3 is 2.78 bits per heavy atom. The second-order valence-electron chi connectivity index (χ2n) is 5.01. The lowest BCUT2D eigenvalue weighted by Gasteiger charge is -2.23. The van der Waals surface area contributed by atoms with Crippen LogP contribution in [0.2, 0.25) is 0 Å². The minimum absolute atomic E-state index is 0.0356. The molecule has 0 spiro atoms. The van der Waals surface area contributed by atoms with Gasteiger partial charge >= 0.3 is 0 Å². The Kier molecular flexibility index (Phi) is 4.19. The number of amides is 2. The molecule has 0 aliphatic carbocycles. The van der Waals surface area contributed by atoms with E-state index in [4.69, 9.17) is 4.74 Å². The molecule has 0 saturated carbocycles. The Labute approximate surface area is 107 Å². The molecule has 6 heteroatoms. The molecule has 0 aromatic heterocycles. The van der Waals surface area contributed by atoms with E-state index in [9.17, 15) is 9.59 Å². The summed E-state index contributed by atoms with van der Waals surface area (Å²) in [4.78, 5) is 25.2. The van der Waals surface area contributed by atoms with Gasteiger partial charge in [-0.1, -0.05) is 0 Å². The molecule has 2 fully saturated rings. The van der Waals surface area contributed by atoms with Gasteiger partial charge in [0.05, 0.1) is 19.1 Å². The van der Waals surface area contributed by atoms with Crippen molar-refractivity contribution in [2.24, 2.45) is 5.92 Å². The van der Waals surface area contributed by atoms with Crippen LogP contribution in [0, 0.1) is 5.92 Å². The number of hydrogen-bond donors (Lipinski definition) is 2. The number of rotatable bonds is 3. The number of nitrogens with one attached hydrogen (secondary N) is 2. The van der Waals surface area contributed by atoms with Crippen LogP contribution in [-0.4, -0.2) is 62.1 Å². The predicted octanol–water partition coefficient (Wildman–Crippen LogP) is -1.04. The van der Waals surface area contributed by atoms with Gasteiger partial charge in [-0.2, -0.15) is 0 Å². The first-order chi connectivity index (χ1) is 8.61. The normalized spacial score (nSPS) is 31.7. The van der Waals surface area contributed by atoms with Gasteiger partial charge in [-0.05, 0) is 13.5 Å². The van der Waals surface area contributed by atoms with Crippen molar-refractivity contribution in [3.8, 4) is 0 Å². The number of ether oxygens (including phenoxy) is 1. The first-order valence-corrected chi connectivity index (χ1v) is 6.42. The van der Waals surface area contributed by atoms with Gasteiger partial charge in [-0.15, -0.1) is 0 Å². The molecule has 0 aromatic carbocycles. The quantitative estimate of drug-likeness (QED) is 0.675. The van der Waals surface area contributed by atoms with E-state index in [1.807, 2.05) is 11.9 Å². The summed E-state index contributed by atoms with van der Waals surface area (Å²) in [7, 11) is 1.85. The monoisotopic (exact) mass is 255 g/mol. The summed E-state index contributed by atoms with van der Waals surface area (Å²) in [5.74, 6) is 0.0115. The fraction of sp³-hybridized carbons (Fsp3) is 0.833. The molecule has 6 nitrogen and oxygen atoms in total. The molecule has 0 radical (unpaired) electrons. The average molecular weight is 255 g/mol. The van der Waals surface area contributed by atoms with Gasteiger partial charge in [0.2, 0.25) is 11.8 Å². The van der Waals surface area contributed by atoms with E-state index in [1.165, 1.54) is 6.92 Å².